The molecule has 7 heteroatoms. The Bertz CT molecular complexity index is 1530. The zero-order valence-corrected chi connectivity index (χ0v) is 18.5. The quantitative estimate of drug-likeness (QED) is 0.223. The van der Waals surface area contributed by atoms with Crippen LogP contribution in [0.2, 0.25) is 0 Å². The number of allylic oxidation sites excluding steroid dienone is 3. The van der Waals surface area contributed by atoms with Crippen LogP contribution in [0.1, 0.15) is 40.7 Å². The van der Waals surface area contributed by atoms with Crippen molar-refractivity contribution in [2.24, 2.45) is 0 Å². The summed E-state index contributed by atoms with van der Waals surface area (Å²) in [6.07, 6.45) is 1.13. The highest BCUT2D eigenvalue weighted by Gasteiger charge is 2.43. The van der Waals surface area contributed by atoms with Gasteiger partial charge in [-0.25, -0.2) is 0 Å². The Morgan fingerprint density at radius 1 is 1.06 bits per heavy atom. The molecule has 0 spiro atoms. The molecule has 1 aliphatic heterocycles. The smallest absolute Gasteiger partial charge is 0.417 e. The Kier molecular flexibility index (Phi) is 4.55. The predicted molar refractivity (Wildman–Crippen MR) is 126 cm³/mol. The second-order valence-electron chi connectivity index (χ2n) is 8.94. The minimum absolute atomic E-state index is 0.0381. The molecule has 4 nitrogen and oxygen atoms in total. The van der Waals surface area contributed by atoms with Crippen molar-refractivity contribution in [1.82, 2.24) is 0 Å². The van der Waals surface area contributed by atoms with Crippen molar-refractivity contribution in [3.05, 3.63) is 122 Å². The van der Waals surface area contributed by atoms with Gasteiger partial charge in [-0.15, -0.1) is 0 Å². The van der Waals surface area contributed by atoms with Gasteiger partial charge in [0.1, 0.15) is 11.5 Å². The molecule has 0 fully saturated rings. The van der Waals surface area contributed by atoms with Crippen molar-refractivity contribution >= 4 is 11.8 Å². The summed E-state index contributed by atoms with van der Waals surface area (Å²) in [6.45, 7) is 1.84. The average molecular weight is 473 g/mol. The van der Waals surface area contributed by atoms with Crippen LogP contribution in [0.3, 0.4) is 0 Å². The highest BCUT2D eigenvalue weighted by atomic mass is 19.4. The van der Waals surface area contributed by atoms with E-state index in [1.54, 1.807) is 30.3 Å². The van der Waals surface area contributed by atoms with E-state index in [1.165, 1.54) is 0 Å². The van der Waals surface area contributed by atoms with Crippen LogP contribution in [0.5, 0.6) is 5.75 Å². The third-order valence-corrected chi connectivity index (χ3v) is 6.85. The summed E-state index contributed by atoms with van der Waals surface area (Å²) in [5.41, 5.74) is 2.92. The average Bonchev–Trinajstić information content (AvgIpc) is 3.20. The Balaban J connectivity index is 1.60. The molecule has 174 valence electrons. The molecule has 3 aliphatic rings. The number of nitro benzene ring substituents is 1. The van der Waals surface area contributed by atoms with Gasteiger partial charge >= 0.3 is 6.18 Å². The Morgan fingerprint density at radius 2 is 1.80 bits per heavy atom. The summed E-state index contributed by atoms with van der Waals surface area (Å²) in [5, 5.41) is 12.1. The molecule has 0 saturated heterocycles. The monoisotopic (exact) mass is 473 g/mol. The number of nitrogens with zero attached hydrogens (tertiary/aromatic N) is 1. The number of benzene rings is 3. The van der Waals surface area contributed by atoms with E-state index in [1.807, 2.05) is 43.3 Å². The molecular formula is C28H18F3NO3. The summed E-state index contributed by atoms with van der Waals surface area (Å²) in [5.74, 6) is 0.602. The van der Waals surface area contributed by atoms with Crippen LogP contribution < -0.4 is 4.74 Å². The minimum Gasteiger partial charge on any atom is -0.456 e. The van der Waals surface area contributed by atoms with E-state index in [4.69, 9.17) is 4.74 Å². The Hall–Kier alpha value is -4.13. The fourth-order valence-corrected chi connectivity index (χ4v) is 5.34. The molecule has 0 bridgehead atoms. The zero-order valence-electron chi connectivity index (χ0n) is 18.5. The fourth-order valence-electron chi connectivity index (χ4n) is 5.34. The van der Waals surface area contributed by atoms with Crippen LogP contribution in [-0.4, -0.2) is 4.92 Å². The van der Waals surface area contributed by atoms with Gasteiger partial charge in [-0.05, 0) is 53.8 Å². The molecule has 2 aliphatic carbocycles. The molecule has 6 rings (SSSR count). The standard InChI is InChI=1S/C28H18F3NO3/c1-15-10-18-11-17-7-3-5-9-24(17)35-25(18)13-20(15)27-21-12-16-6-2-4-8-19(16)26(21)22(28(29,30)31)14-23(27)32(33)34/h2-11,13-14,20H,12H2,1H3. The van der Waals surface area contributed by atoms with Gasteiger partial charge in [0.25, 0.3) is 5.69 Å². The van der Waals surface area contributed by atoms with Crippen molar-refractivity contribution in [2.75, 3.05) is 0 Å². The number of nitro groups is 1. The van der Waals surface area contributed by atoms with Gasteiger partial charge in [0.2, 0.25) is 0 Å². The number of fused-ring (bicyclic) bond motifs is 5. The summed E-state index contributed by atoms with van der Waals surface area (Å²) in [7, 11) is 0. The number of hydrogen-bond acceptors (Lipinski definition) is 3. The molecule has 1 atom stereocenters. The van der Waals surface area contributed by atoms with Crippen molar-refractivity contribution in [1.29, 1.82) is 0 Å². The highest BCUT2D eigenvalue weighted by Crippen LogP contribution is 2.52. The number of para-hydroxylation sites is 1. The molecule has 0 aromatic heterocycles. The first-order valence-electron chi connectivity index (χ1n) is 11.1. The largest absolute Gasteiger partial charge is 0.456 e. The minimum atomic E-state index is -4.73. The van der Waals surface area contributed by atoms with E-state index in [0.717, 1.165) is 22.3 Å². The molecular weight excluding hydrogens is 455 g/mol. The number of halogens is 3. The maximum Gasteiger partial charge on any atom is 0.417 e. The van der Waals surface area contributed by atoms with E-state index in [2.05, 4.69) is 0 Å². The van der Waals surface area contributed by atoms with Crippen molar-refractivity contribution in [3.8, 4) is 16.9 Å². The second kappa shape index (κ2) is 7.43. The zero-order chi connectivity index (χ0) is 24.5. The number of rotatable bonds is 2. The van der Waals surface area contributed by atoms with E-state index >= 15 is 0 Å². The first kappa shape index (κ1) is 21.4. The maximum atomic E-state index is 14.1. The lowest BCUT2D eigenvalue weighted by molar-refractivity contribution is -0.385. The molecule has 0 amide bonds. The summed E-state index contributed by atoms with van der Waals surface area (Å²) in [6, 6.07) is 15.1. The van der Waals surface area contributed by atoms with Gasteiger partial charge in [0.15, 0.2) is 0 Å². The summed E-state index contributed by atoms with van der Waals surface area (Å²) >= 11 is 0. The molecule has 0 radical (unpaired) electrons. The van der Waals surface area contributed by atoms with E-state index < -0.39 is 28.3 Å². The Morgan fingerprint density at radius 3 is 2.57 bits per heavy atom. The van der Waals surface area contributed by atoms with Gasteiger partial charge in [0.05, 0.1) is 10.5 Å². The molecule has 3 aromatic rings. The Labute approximate surface area is 198 Å². The van der Waals surface area contributed by atoms with E-state index in [9.17, 15) is 23.3 Å². The SMILES string of the molecule is CC1=CC2=Cc3ccccc3OC2=CC1c1c([N+](=O)[O-])cc(C(F)(F)F)c2c1Cc1ccccc1-2. The second-order valence-corrected chi connectivity index (χ2v) is 8.94. The predicted octanol–water partition coefficient (Wildman–Crippen LogP) is 7.59. The normalized spacial score (nSPS) is 17.7. The van der Waals surface area contributed by atoms with E-state index in [-0.39, 0.29) is 17.5 Å². The van der Waals surface area contributed by atoms with Crippen molar-refractivity contribution in [3.63, 3.8) is 0 Å². The van der Waals surface area contributed by atoms with Gasteiger partial charge in [0, 0.05) is 28.7 Å². The third-order valence-electron chi connectivity index (χ3n) is 6.85. The summed E-state index contributed by atoms with van der Waals surface area (Å²) < 4.78 is 48.5. The van der Waals surface area contributed by atoms with E-state index in [0.29, 0.717) is 28.7 Å². The molecule has 1 unspecified atom stereocenters. The molecule has 35 heavy (non-hydrogen) atoms. The van der Waals surface area contributed by atoms with Crippen LogP contribution in [-0.2, 0) is 12.6 Å². The topological polar surface area (TPSA) is 52.4 Å². The number of ether oxygens (including phenoxy) is 1. The summed E-state index contributed by atoms with van der Waals surface area (Å²) in [4.78, 5) is 11.4. The number of alkyl halides is 3. The van der Waals surface area contributed by atoms with Crippen molar-refractivity contribution < 1.29 is 22.8 Å². The van der Waals surface area contributed by atoms with Crippen LogP contribution in [0.15, 0.2) is 83.7 Å². The molecule has 3 aromatic carbocycles. The molecule has 0 N–H and O–H groups in total. The van der Waals surface area contributed by atoms with Gasteiger partial charge < -0.3 is 4.74 Å². The van der Waals surface area contributed by atoms with Gasteiger partial charge in [-0.2, -0.15) is 13.2 Å². The first-order chi connectivity index (χ1) is 16.7. The van der Waals surface area contributed by atoms with Gasteiger partial charge in [-0.1, -0.05) is 54.1 Å². The maximum absolute atomic E-state index is 14.1. The van der Waals surface area contributed by atoms with Crippen LogP contribution in [0.4, 0.5) is 18.9 Å². The highest BCUT2D eigenvalue weighted by molar-refractivity contribution is 5.84. The number of hydrogen-bond donors (Lipinski definition) is 0. The van der Waals surface area contributed by atoms with Crippen LogP contribution in [0.25, 0.3) is 17.2 Å². The lowest BCUT2D eigenvalue weighted by Crippen LogP contribution is -2.16. The lowest BCUT2D eigenvalue weighted by atomic mass is 9.79. The first-order valence-corrected chi connectivity index (χ1v) is 11.1. The molecule has 0 saturated carbocycles. The van der Waals surface area contributed by atoms with Crippen LogP contribution in [0, 0.1) is 10.1 Å². The van der Waals surface area contributed by atoms with Crippen LogP contribution >= 0.6 is 0 Å². The fraction of sp³-hybridized carbons (Fsp3) is 0.143. The molecule has 1 heterocycles. The lowest BCUT2D eigenvalue weighted by Gasteiger charge is -2.28. The van der Waals surface area contributed by atoms with Crippen molar-refractivity contribution in [2.45, 2.75) is 25.4 Å². The third kappa shape index (κ3) is 3.30. The van der Waals surface area contributed by atoms with Gasteiger partial charge in [-0.3, -0.25) is 10.1 Å².